The number of unbranched alkanes of at least 4 members (excludes halogenated alkanes) is 47. The van der Waals surface area contributed by atoms with E-state index in [1.165, 1.54) is 238 Å². The molecule has 0 aliphatic carbocycles. The molecule has 0 radical (unpaired) electrons. The van der Waals surface area contributed by atoms with Crippen LogP contribution in [0.4, 0.5) is 0 Å². The number of rotatable bonds is 81. The van der Waals surface area contributed by atoms with E-state index < -0.39 is 97.5 Å². The van der Waals surface area contributed by atoms with Crippen molar-refractivity contribution in [1.29, 1.82) is 0 Å². The number of carbonyl (C=O) groups excluding carboxylic acids is 4. The fourth-order valence-electron chi connectivity index (χ4n) is 12.8. The number of phosphoric acid groups is 2. The molecule has 606 valence electrons. The van der Waals surface area contributed by atoms with Crippen LogP contribution in [0.1, 0.15) is 434 Å². The van der Waals surface area contributed by atoms with Crippen LogP contribution in [0.15, 0.2) is 0 Å². The minimum absolute atomic E-state index is 0.106. The SMILES string of the molecule is CCCCCCCCCCC(=O)OC[C@H](COP(=O)(O)OC[C@H](O)COP(=O)(O)OC[C@@H](COC(=O)CCCCCCCCCCCCCCCCC(C)CC)OC(=O)CCCCCCCCCCCCCCCCCCCCC(C)CC)OC(=O)CCCCCCCCCCCCCC(C)C. The van der Waals surface area contributed by atoms with Crippen molar-refractivity contribution in [3.05, 3.63) is 0 Å². The molecule has 0 heterocycles. The average Bonchev–Trinajstić information content (AvgIpc) is 0.925. The minimum Gasteiger partial charge on any atom is -0.462 e. The quantitative estimate of drug-likeness (QED) is 0.0222. The van der Waals surface area contributed by atoms with Crippen LogP contribution in [0.5, 0.6) is 0 Å². The maximum atomic E-state index is 13.1. The van der Waals surface area contributed by atoms with Crippen LogP contribution in [-0.4, -0.2) is 96.7 Å². The lowest BCUT2D eigenvalue weighted by Crippen LogP contribution is -2.30. The second kappa shape index (κ2) is 73.2. The predicted molar refractivity (Wildman–Crippen MR) is 418 cm³/mol. The molecule has 7 atom stereocenters. The summed E-state index contributed by atoms with van der Waals surface area (Å²) in [4.78, 5) is 73.0. The molecule has 0 aliphatic rings. The Bertz CT molecular complexity index is 1980. The number of phosphoric ester groups is 2. The Hall–Kier alpha value is -1.94. The van der Waals surface area contributed by atoms with E-state index in [1.54, 1.807) is 0 Å². The van der Waals surface area contributed by atoms with E-state index in [0.717, 1.165) is 114 Å². The Morgan fingerprint density at radius 1 is 0.284 bits per heavy atom. The number of hydrogen-bond donors (Lipinski definition) is 3. The molecule has 0 saturated heterocycles. The van der Waals surface area contributed by atoms with E-state index >= 15 is 0 Å². The zero-order valence-corrected chi connectivity index (χ0v) is 68.9. The van der Waals surface area contributed by atoms with Gasteiger partial charge < -0.3 is 33.8 Å². The van der Waals surface area contributed by atoms with Gasteiger partial charge in [0.1, 0.15) is 19.3 Å². The first-order chi connectivity index (χ1) is 49.3. The molecule has 19 heteroatoms. The van der Waals surface area contributed by atoms with Crippen molar-refractivity contribution in [3.8, 4) is 0 Å². The molecule has 0 aromatic carbocycles. The van der Waals surface area contributed by atoms with Crippen molar-refractivity contribution in [2.24, 2.45) is 17.8 Å². The lowest BCUT2D eigenvalue weighted by atomic mass is 9.99. The van der Waals surface area contributed by atoms with E-state index in [1.807, 2.05) is 0 Å². The molecule has 17 nitrogen and oxygen atoms in total. The van der Waals surface area contributed by atoms with Crippen molar-refractivity contribution >= 4 is 39.5 Å². The Labute approximate surface area is 626 Å². The molecule has 0 aromatic heterocycles. The topological polar surface area (TPSA) is 237 Å². The maximum Gasteiger partial charge on any atom is 0.472 e. The van der Waals surface area contributed by atoms with Crippen molar-refractivity contribution in [3.63, 3.8) is 0 Å². The van der Waals surface area contributed by atoms with Crippen LogP contribution in [0.3, 0.4) is 0 Å². The summed E-state index contributed by atoms with van der Waals surface area (Å²) in [5.41, 5.74) is 0. The second-order valence-electron chi connectivity index (χ2n) is 30.8. The predicted octanol–water partition coefficient (Wildman–Crippen LogP) is 24.9. The van der Waals surface area contributed by atoms with E-state index in [-0.39, 0.29) is 25.7 Å². The Morgan fingerprint density at radius 3 is 0.745 bits per heavy atom. The van der Waals surface area contributed by atoms with Crippen molar-refractivity contribution in [2.75, 3.05) is 39.6 Å². The highest BCUT2D eigenvalue weighted by molar-refractivity contribution is 7.47. The number of aliphatic hydroxyl groups is 1. The van der Waals surface area contributed by atoms with Crippen LogP contribution in [0.2, 0.25) is 0 Å². The highest BCUT2D eigenvalue weighted by Gasteiger charge is 2.30. The van der Waals surface area contributed by atoms with Gasteiger partial charge in [-0.15, -0.1) is 0 Å². The molecule has 0 rings (SSSR count). The van der Waals surface area contributed by atoms with Gasteiger partial charge in [0, 0.05) is 25.7 Å². The van der Waals surface area contributed by atoms with Crippen LogP contribution in [0, 0.1) is 17.8 Å². The molecular formula is C83H162O17P2. The number of aliphatic hydroxyl groups excluding tert-OH is 1. The number of hydrogen-bond acceptors (Lipinski definition) is 15. The fraction of sp³-hybridized carbons (Fsp3) is 0.952. The number of ether oxygens (including phenoxy) is 4. The molecule has 0 aliphatic heterocycles. The van der Waals surface area contributed by atoms with E-state index in [4.69, 9.17) is 37.0 Å². The number of carbonyl (C=O) groups is 4. The highest BCUT2D eigenvalue weighted by atomic mass is 31.2. The minimum atomic E-state index is -4.96. The van der Waals surface area contributed by atoms with Crippen LogP contribution in [-0.2, 0) is 65.4 Å². The van der Waals surface area contributed by atoms with E-state index in [2.05, 4.69) is 48.5 Å². The van der Waals surface area contributed by atoms with Gasteiger partial charge in [0.2, 0.25) is 0 Å². The first-order valence-electron chi connectivity index (χ1n) is 42.9. The largest absolute Gasteiger partial charge is 0.472 e. The normalized spacial score (nSPS) is 14.5. The third-order valence-electron chi connectivity index (χ3n) is 20.1. The monoisotopic (exact) mass is 1490 g/mol. The van der Waals surface area contributed by atoms with Crippen LogP contribution >= 0.6 is 15.6 Å². The second-order valence-corrected chi connectivity index (χ2v) is 33.7. The first kappa shape index (κ1) is 100. The van der Waals surface area contributed by atoms with Gasteiger partial charge in [-0.05, 0) is 43.4 Å². The molecular weight excluding hydrogens is 1330 g/mol. The van der Waals surface area contributed by atoms with Crippen LogP contribution in [0.25, 0.3) is 0 Å². The summed E-state index contributed by atoms with van der Waals surface area (Å²) in [6.45, 7) is 12.0. The summed E-state index contributed by atoms with van der Waals surface area (Å²) in [6.07, 6.45) is 62.5. The standard InChI is InChI=1S/C83H162O17P2/c1-8-11-12-13-14-43-50-57-64-80(85)93-70-78(99-83(88)67-60-53-46-39-33-27-28-34-40-47-54-61-74(4)5)72-97-101(89,90)95-68-77(84)69-96-102(91,92)98-73-79(71-94-81(86)65-58-51-44-37-31-25-22-21-24-30-36-42-49-56-63-76(7)10-3)100-82(87)66-59-52-45-38-32-26-20-18-16-15-17-19-23-29-35-41-48-55-62-75(6)9-2/h74-79,84H,8-73H2,1-7H3,(H,89,90)(H,91,92)/t75?,76?,77-,78+,79+/m0/s1. The Balaban J connectivity index is 5.19. The summed E-state index contributed by atoms with van der Waals surface area (Å²) in [5.74, 6) is 0.375. The first-order valence-corrected chi connectivity index (χ1v) is 45.9. The van der Waals surface area contributed by atoms with Crippen molar-refractivity contribution in [1.82, 2.24) is 0 Å². The highest BCUT2D eigenvalue weighted by Crippen LogP contribution is 2.45. The summed E-state index contributed by atoms with van der Waals surface area (Å²) >= 11 is 0. The lowest BCUT2D eigenvalue weighted by Gasteiger charge is -2.21. The third kappa shape index (κ3) is 73.6. The Kier molecular flexibility index (Phi) is 71.8. The zero-order valence-electron chi connectivity index (χ0n) is 67.1. The Morgan fingerprint density at radius 2 is 0.500 bits per heavy atom. The molecule has 0 saturated carbocycles. The molecule has 4 unspecified atom stereocenters. The van der Waals surface area contributed by atoms with Gasteiger partial charge in [0.25, 0.3) is 0 Å². The molecule has 0 amide bonds. The molecule has 3 N–H and O–H groups in total. The van der Waals surface area contributed by atoms with Gasteiger partial charge >= 0.3 is 39.5 Å². The number of esters is 4. The molecule has 0 aromatic rings. The lowest BCUT2D eigenvalue weighted by molar-refractivity contribution is -0.161. The molecule has 0 fully saturated rings. The summed E-state index contributed by atoms with van der Waals surface area (Å²) in [6, 6.07) is 0. The molecule has 0 spiro atoms. The summed E-state index contributed by atoms with van der Waals surface area (Å²) in [7, 11) is -9.92. The van der Waals surface area contributed by atoms with Crippen LogP contribution < -0.4 is 0 Å². The van der Waals surface area contributed by atoms with Gasteiger partial charge in [-0.3, -0.25) is 37.3 Å². The molecule has 0 bridgehead atoms. The van der Waals surface area contributed by atoms with Gasteiger partial charge in [0.15, 0.2) is 12.2 Å². The summed E-state index contributed by atoms with van der Waals surface area (Å²) in [5, 5.41) is 10.6. The van der Waals surface area contributed by atoms with E-state index in [9.17, 15) is 43.2 Å². The fourth-order valence-corrected chi connectivity index (χ4v) is 14.4. The van der Waals surface area contributed by atoms with Crippen molar-refractivity contribution in [2.45, 2.75) is 452 Å². The summed E-state index contributed by atoms with van der Waals surface area (Å²) < 4.78 is 68.7. The van der Waals surface area contributed by atoms with Gasteiger partial charge in [0.05, 0.1) is 26.4 Å². The average molecular weight is 1490 g/mol. The van der Waals surface area contributed by atoms with Gasteiger partial charge in [-0.1, -0.05) is 382 Å². The van der Waals surface area contributed by atoms with Crippen molar-refractivity contribution < 1.29 is 80.2 Å². The van der Waals surface area contributed by atoms with Gasteiger partial charge in [-0.2, -0.15) is 0 Å². The smallest absolute Gasteiger partial charge is 0.462 e. The zero-order chi connectivity index (χ0) is 75.1. The third-order valence-corrected chi connectivity index (χ3v) is 22.0. The molecule has 102 heavy (non-hydrogen) atoms. The maximum absolute atomic E-state index is 13.1. The van der Waals surface area contributed by atoms with Gasteiger partial charge in [-0.25, -0.2) is 9.13 Å². The van der Waals surface area contributed by atoms with E-state index in [0.29, 0.717) is 25.7 Å².